The second-order valence-electron chi connectivity index (χ2n) is 14.1. The predicted octanol–water partition coefficient (Wildman–Crippen LogP) is 13.9. The van der Waals surface area contributed by atoms with Crippen LogP contribution in [0.25, 0.3) is 0 Å². The molecule has 0 saturated carbocycles. The van der Waals surface area contributed by atoms with Crippen LogP contribution in [0.1, 0.15) is 232 Å². The molecule has 0 spiro atoms. The van der Waals surface area contributed by atoms with Crippen LogP contribution in [-0.2, 0) is 19.5 Å². The third kappa shape index (κ3) is 25.1. The molecule has 2 heteroatoms. The van der Waals surface area contributed by atoms with Gasteiger partial charge >= 0.3 is 0 Å². The lowest BCUT2D eigenvalue weighted by Crippen LogP contribution is -2.37. The molecule has 0 bridgehead atoms. The largest absolute Gasteiger partial charge is 0.256 e. The second kappa shape index (κ2) is 32.6. The Balaban J connectivity index is 2.10. The van der Waals surface area contributed by atoms with Gasteiger partial charge in [-0.25, -0.2) is 9.13 Å². The van der Waals surface area contributed by atoms with Crippen molar-refractivity contribution >= 4 is 0 Å². The zero-order valence-electron chi connectivity index (χ0n) is 30.3. The van der Waals surface area contributed by atoms with Gasteiger partial charge in [-0.2, -0.15) is 0 Å². The van der Waals surface area contributed by atoms with E-state index in [0.29, 0.717) is 0 Å². The van der Waals surface area contributed by atoms with Crippen molar-refractivity contribution in [1.82, 2.24) is 4.57 Å². The standard InChI is InChI=1S/C41H81N2/c1-4-7-10-12-14-16-18-20-21-22-23-24-26-28-30-32-35-38-43-40-39-42(37-34-9-6-3)41(43)36-33-31-29-27-25-19-17-15-13-11-8-5-2/h39-40H,4-38H2,1-3H3/q+1. The highest BCUT2D eigenvalue weighted by Crippen LogP contribution is 2.16. The molecule has 0 unspecified atom stereocenters. The van der Waals surface area contributed by atoms with E-state index in [1.807, 2.05) is 0 Å². The summed E-state index contributed by atoms with van der Waals surface area (Å²) in [6.45, 7) is 9.39. The normalized spacial score (nSPS) is 11.6. The van der Waals surface area contributed by atoms with E-state index in [-0.39, 0.29) is 0 Å². The van der Waals surface area contributed by atoms with E-state index in [4.69, 9.17) is 0 Å². The topological polar surface area (TPSA) is 8.81 Å². The molecule has 1 rings (SSSR count). The number of rotatable bonds is 35. The summed E-state index contributed by atoms with van der Waals surface area (Å²) in [7, 11) is 0. The molecular weight excluding hydrogens is 520 g/mol. The van der Waals surface area contributed by atoms with E-state index in [1.165, 1.54) is 225 Å². The van der Waals surface area contributed by atoms with Gasteiger partial charge in [0.25, 0.3) is 5.82 Å². The van der Waals surface area contributed by atoms with Crippen molar-refractivity contribution in [2.24, 2.45) is 0 Å². The number of hydrogen-bond acceptors (Lipinski definition) is 0. The molecule has 1 aromatic heterocycles. The molecule has 0 aliphatic heterocycles. The zero-order valence-corrected chi connectivity index (χ0v) is 30.3. The van der Waals surface area contributed by atoms with Gasteiger partial charge in [-0.1, -0.05) is 194 Å². The van der Waals surface area contributed by atoms with Crippen LogP contribution < -0.4 is 4.57 Å². The van der Waals surface area contributed by atoms with E-state index >= 15 is 0 Å². The summed E-state index contributed by atoms with van der Waals surface area (Å²) in [6.07, 6.45) is 51.9. The van der Waals surface area contributed by atoms with E-state index in [9.17, 15) is 0 Å². The average Bonchev–Trinajstić information content (AvgIpc) is 3.40. The van der Waals surface area contributed by atoms with E-state index in [0.717, 1.165) is 0 Å². The highest BCUT2D eigenvalue weighted by Gasteiger charge is 2.16. The Morgan fingerprint density at radius 1 is 0.395 bits per heavy atom. The summed E-state index contributed by atoms with van der Waals surface area (Å²) in [4.78, 5) is 0. The Labute approximate surface area is 272 Å². The minimum atomic E-state index is 1.22. The first kappa shape index (κ1) is 40.2. The first-order chi connectivity index (χ1) is 21.3. The minimum absolute atomic E-state index is 1.22. The molecule has 0 fully saturated rings. The monoisotopic (exact) mass is 602 g/mol. The van der Waals surface area contributed by atoms with Gasteiger partial charge in [0.2, 0.25) is 0 Å². The third-order valence-corrected chi connectivity index (χ3v) is 9.85. The lowest BCUT2D eigenvalue weighted by molar-refractivity contribution is -0.704. The lowest BCUT2D eigenvalue weighted by Gasteiger charge is -2.07. The molecule has 0 radical (unpaired) electrons. The van der Waals surface area contributed by atoms with Crippen molar-refractivity contribution in [2.75, 3.05) is 0 Å². The van der Waals surface area contributed by atoms with Crippen LogP contribution in [0.4, 0.5) is 0 Å². The van der Waals surface area contributed by atoms with Gasteiger partial charge in [0.05, 0.1) is 13.1 Å². The average molecular weight is 602 g/mol. The molecular formula is C41H81N2+. The first-order valence-corrected chi connectivity index (χ1v) is 20.4. The Hall–Kier alpha value is -0.790. The van der Waals surface area contributed by atoms with Crippen LogP contribution in [0.5, 0.6) is 0 Å². The smallest absolute Gasteiger partial charge is 0.234 e. The van der Waals surface area contributed by atoms with Gasteiger partial charge in [0.15, 0.2) is 0 Å². The molecule has 0 N–H and O–H groups in total. The van der Waals surface area contributed by atoms with Gasteiger partial charge in [-0.05, 0) is 32.1 Å². The first-order valence-electron chi connectivity index (χ1n) is 20.4. The quantitative estimate of drug-likeness (QED) is 0.0540. The van der Waals surface area contributed by atoms with E-state index < -0.39 is 0 Å². The van der Waals surface area contributed by atoms with Crippen molar-refractivity contribution < 1.29 is 4.57 Å². The number of aromatic nitrogens is 2. The van der Waals surface area contributed by atoms with Crippen molar-refractivity contribution in [2.45, 2.75) is 246 Å². The molecule has 0 aliphatic carbocycles. The second-order valence-corrected chi connectivity index (χ2v) is 14.1. The van der Waals surface area contributed by atoms with Gasteiger partial charge in [0, 0.05) is 6.42 Å². The summed E-state index contributed by atoms with van der Waals surface area (Å²) in [5.74, 6) is 1.61. The third-order valence-electron chi connectivity index (χ3n) is 9.85. The summed E-state index contributed by atoms with van der Waals surface area (Å²) >= 11 is 0. The molecule has 0 aliphatic rings. The van der Waals surface area contributed by atoms with Crippen molar-refractivity contribution in [3.63, 3.8) is 0 Å². The maximum Gasteiger partial charge on any atom is 0.256 e. The fraction of sp³-hybridized carbons (Fsp3) is 0.927. The Morgan fingerprint density at radius 2 is 0.721 bits per heavy atom. The van der Waals surface area contributed by atoms with Crippen molar-refractivity contribution in [3.05, 3.63) is 18.2 Å². The van der Waals surface area contributed by atoms with Crippen LogP contribution in [0.2, 0.25) is 0 Å². The van der Waals surface area contributed by atoms with Crippen LogP contribution >= 0.6 is 0 Å². The number of unbranched alkanes of at least 4 members (excludes halogenated alkanes) is 29. The van der Waals surface area contributed by atoms with Crippen LogP contribution in [0.15, 0.2) is 12.4 Å². The zero-order chi connectivity index (χ0) is 30.9. The highest BCUT2D eigenvalue weighted by atomic mass is 15.1. The Kier molecular flexibility index (Phi) is 30.5. The maximum absolute atomic E-state index is 2.62. The van der Waals surface area contributed by atoms with E-state index in [2.05, 4.69) is 42.3 Å². The number of imidazole rings is 1. The van der Waals surface area contributed by atoms with Crippen molar-refractivity contribution in [3.8, 4) is 0 Å². The molecule has 2 nitrogen and oxygen atoms in total. The summed E-state index contributed by atoms with van der Waals surface area (Å²) in [5.41, 5.74) is 0. The van der Waals surface area contributed by atoms with Gasteiger partial charge in [0.1, 0.15) is 12.4 Å². The molecule has 0 aromatic carbocycles. The van der Waals surface area contributed by atoms with E-state index in [1.54, 1.807) is 5.82 Å². The molecule has 0 atom stereocenters. The van der Waals surface area contributed by atoms with Gasteiger partial charge in [-0.3, -0.25) is 0 Å². The number of hydrogen-bond donors (Lipinski definition) is 0. The molecule has 0 amide bonds. The molecule has 0 saturated heterocycles. The van der Waals surface area contributed by atoms with Crippen molar-refractivity contribution in [1.29, 1.82) is 0 Å². The SMILES string of the molecule is CCCCCCCCCCCCCCCCCCCn1cc[n+](CCCCC)c1CCCCCCCCCCCCCC. The lowest BCUT2D eigenvalue weighted by atomic mass is 10.0. The molecule has 1 heterocycles. The van der Waals surface area contributed by atoms with Crippen LogP contribution in [-0.4, -0.2) is 4.57 Å². The highest BCUT2D eigenvalue weighted by molar-refractivity contribution is 4.84. The fourth-order valence-corrected chi connectivity index (χ4v) is 6.86. The number of aryl methyl sites for hydroxylation is 2. The molecule has 254 valence electrons. The summed E-state index contributed by atoms with van der Waals surface area (Å²) in [6, 6.07) is 0. The van der Waals surface area contributed by atoms with Crippen LogP contribution in [0, 0.1) is 0 Å². The molecule has 1 aromatic rings. The maximum atomic E-state index is 2.62. The molecule has 43 heavy (non-hydrogen) atoms. The fourth-order valence-electron chi connectivity index (χ4n) is 6.86. The van der Waals surface area contributed by atoms with Gasteiger partial charge < -0.3 is 0 Å². The van der Waals surface area contributed by atoms with Gasteiger partial charge in [-0.15, -0.1) is 0 Å². The summed E-state index contributed by atoms with van der Waals surface area (Å²) in [5, 5.41) is 0. The number of nitrogens with zero attached hydrogens (tertiary/aromatic N) is 2. The summed E-state index contributed by atoms with van der Waals surface area (Å²) < 4.78 is 5.22. The van der Waals surface area contributed by atoms with Crippen LogP contribution in [0.3, 0.4) is 0 Å². The Morgan fingerprint density at radius 3 is 1.12 bits per heavy atom. The predicted molar refractivity (Wildman–Crippen MR) is 193 cm³/mol. The minimum Gasteiger partial charge on any atom is -0.234 e. The Bertz CT molecular complexity index is 663.